The number of hydrogen-bond donors (Lipinski definition) is 0. The minimum atomic E-state index is 0.628. The monoisotopic (exact) mass is 279 g/mol. The lowest BCUT2D eigenvalue weighted by Gasteiger charge is -2.31. The summed E-state index contributed by atoms with van der Waals surface area (Å²) < 4.78 is 9.68. The Morgan fingerprint density at radius 3 is 2.74 bits per heavy atom. The van der Waals surface area contributed by atoms with Crippen molar-refractivity contribution in [3.05, 3.63) is 18.6 Å². The molecule has 2 aromatic heterocycles. The van der Waals surface area contributed by atoms with E-state index in [9.17, 15) is 0 Å². The predicted octanol–water partition coefficient (Wildman–Crippen LogP) is 1.10. The van der Waals surface area contributed by atoms with Crippen LogP contribution in [0.1, 0.15) is 0 Å². The summed E-state index contributed by atoms with van der Waals surface area (Å²) in [5.41, 5.74) is 0.899. The van der Waals surface area contributed by atoms with E-state index in [-0.39, 0.29) is 0 Å². The molecule has 3 heterocycles. The highest BCUT2D eigenvalue weighted by Crippen LogP contribution is 2.26. The fourth-order valence-corrected chi connectivity index (χ4v) is 3.04. The van der Waals surface area contributed by atoms with E-state index < -0.39 is 0 Å². The van der Waals surface area contributed by atoms with Crippen LogP contribution in [-0.4, -0.2) is 63.5 Å². The average molecular weight is 279 g/mol. The van der Waals surface area contributed by atoms with E-state index >= 15 is 0 Å². The van der Waals surface area contributed by atoms with Crippen molar-refractivity contribution in [3.8, 4) is 5.88 Å². The van der Waals surface area contributed by atoms with Crippen LogP contribution in [0.4, 0.5) is 0 Å². The molecule has 1 saturated heterocycles. The Balaban J connectivity index is 1.82. The van der Waals surface area contributed by atoms with E-state index in [2.05, 4.69) is 30.2 Å². The number of hydrogen-bond acceptors (Lipinski definition) is 6. The van der Waals surface area contributed by atoms with Gasteiger partial charge in [-0.15, -0.1) is 0 Å². The number of likely N-dealkylation sites (N-methyl/N-ethyl adjacent to an activating group) is 1. The van der Waals surface area contributed by atoms with Crippen molar-refractivity contribution in [3.63, 3.8) is 0 Å². The van der Waals surface area contributed by atoms with Crippen LogP contribution in [-0.2, 0) is 0 Å². The van der Waals surface area contributed by atoms with E-state index in [0.717, 1.165) is 37.2 Å². The van der Waals surface area contributed by atoms with Crippen LogP contribution in [0.15, 0.2) is 18.6 Å². The largest absolute Gasteiger partial charge is 0.480 e. The Labute approximate surface area is 116 Å². The van der Waals surface area contributed by atoms with Crippen LogP contribution in [0, 0.1) is 0 Å². The third-order valence-electron chi connectivity index (χ3n) is 3.27. The molecule has 0 saturated carbocycles. The highest BCUT2D eigenvalue weighted by Gasteiger charge is 2.17. The van der Waals surface area contributed by atoms with Crippen LogP contribution in [0.5, 0.6) is 5.88 Å². The summed E-state index contributed by atoms with van der Waals surface area (Å²) in [6.45, 7) is 4.32. The molecule has 19 heavy (non-hydrogen) atoms. The molecular weight excluding hydrogens is 262 g/mol. The van der Waals surface area contributed by atoms with Gasteiger partial charge >= 0.3 is 0 Å². The molecule has 1 fully saturated rings. The standard InChI is InChI=1S/C12H17N5OS/c1-15-5-7-16(8-6-15)19-17-4-3-10-11(17)13-9-14-12(10)18-2/h3-4,9H,5-8H2,1-2H3. The van der Waals surface area contributed by atoms with Gasteiger partial charge in [-0.2, -0.15) is 0 Å². The van der Waals surface area contributed by atoms with Gasteiger partial charge in [0.1, 0.15) is 6.33 Å². The zero-order chi connectivity index (χ0) is 13.2. The lowest BCUT2D eigenvalue weighted by molar-refractivity contribution is 0.233. The van der Waals surface area contributed by atoms with Crippen LogP contribution in [0.2, 0.25) is 0 Å². The van der Waals surface area contributed by atoms with E-state index in [4.69, 9.17) is 4.74 Å². The molecular formula is C12H17N5OS. The summed E-state index contributed by atoms with van der Waals surface area (Å²) in [4.78, 5) is 10.8. The van der Waals surface area contributed by atoms with Crippen molar-refractivity contribution in [1.82, 2.24) is 23.1 Å². The molecule has 0 bridgehead atoms. The van der Waals surface area contributed by atoms with E-state index in [1.165, 1.54) is 0 Å². The minimum absolute atomic E-state index is 0.628. The van der Waals surface area contributed by atoms with Crippen LogP contribution in [0.25, 0.3) is 11.0 Å². The Bertz CT molecular complexity index is 564. The highest BCUT2D eigenvalue weighted by molar-refractivity contribution is 7.95. The second-order valence-electron chi connectivity index (χ2n) is 4.58. The third-order valence-corrected chi connectivity index (χ3v) is 4.34. The van der Waals surface area contributed by atoms with Gasteiger partial charge in [-0.05, 0) is 13.1 Å². The number of methoxy groups -OCH3 is 1. The number of nitrogens with zero attached hydrogens (tertiary/aromatic N) is 5. The zero-order valence-corrected chi connectivity index (χ0v) is 11.9. The molecule has 1 aliphatic heterocycles. The highest BCUT2D eigenvalue weighted by atomic mass is 32.2. The molecule has 7 heteroatoms. The lowest BCUT2D eigenvalue weighted by atomic mass is 10.4. The van der Waals surface area contributed by atoms with E-state index in [1.807, 2.05) is 12.3 Å². The van der Waals surface area contributed by atoms with Gasteiger partial charge in [-0.3, -0.25) is 3.97 Å². The molecule has 102 valence electrons. The summed E-state index contributed by atoms with van der Waals surface area (Å²) in [5.74, 6) is 0.628. The van der Waals surface area contributed by atoms with Gasteiger partial charge in [0.2, 0.25) is 5.88 Å². The smallest absolute Gasteiger partial charge is 0.225 e. The Morgan fingerprint density at radius 1 is 1.21 bits per heavy atom. The fraction of sp³-hybridized carbons (Fsp3) is 0.500. The molecule has 6 nitrogen and oxygen atoms in total. The van der Waals surface area contributed by atoms with Crippen LogP contribution in [0.3, 0.4) is 0 Å². The summed E-state index contributed by atoms with van der Waals surface area (Å²) in [6, 6.07) is 2.00. The molecule has 0 unspecified atom stereocenters. The Hall–Kier alpha value is -1.31. The SMILES string of the molecule is COc1ncnc2c1ccn2SN1CCN(C)CC1. The molecule has 0 spiro atoms. The number of fused-ring (bicyclic) bond motifs is 1. The second-order valence-corrected chi connectivity index (χ2v) is 5.65. The Kier molecular flexibility index (Phi) is 3.58. The molecule has 2 aromatic rings. The first kappa shape index (κ1) is 12.7. The lowest BCUT2D eigenvalue weighted by Crippen LogP contribution is -2.41. The fourth-order valence-electron chi connectivity index (χ4n) is 2.13. The quantitative estimate of drug-likeness (QED) is 0.784. The number of aromatic nitrogens is 3. The van der Waals surface area contributed by atoms with Crippen molar-refractivity contribution >= 4 is 23.2 Å². The number of ether oxygens (including phenoxy) is 1. The van der Waals surface area contributed by atoms with Gasteiger partial charge < -0.3 is 9.64 Å². The first-order chi connectivity index (χ1) is 9.28. The predicted molar refractivity (Wildman–Crippen MR) is 76.1 cm³/mol. The number of rotatable bonds is 3. The first-order valence-electron chi connectivity index (χ1n) is 6.26. The van der Waals surface area contributed by atoms with Crippen LogP contribution >= 0.6 is 12.1 Å². The average Bonchev–Trinajstić information content (AvgIpc) is 2.84. The van der Waals surface area contributed by atoms with Crippen molar-refractivity contribution in [2.24, 2.45) is 0 Å². The van der Waals surface area contributed by atoms with Gasteiger partial charge in [0, 0.05) is 44.5 Å². The van der Waals surface area contributed by atoms with Gasteiger partial charge in [0.25, 0.3) is 0 Å². The summed E-state index contributed by atoms with van der Waals surface area (Å²) in [5, 5.41) is 0.951. The normalized spacial score (nSPS) is 18.0. The van der Waals surface area contributed by atoms with E-state index in [1.54, 1.807) is 25.6 Å². The van der Waals surface area contributed by atoms with Crippen molar-refractivity contribution in [2.75, 3.05) is 40.3 Å². The Morgan fingerprint density at radius 2 is 2.00 bits per heavy atom. The summed E-state index contributed by atoms with van der Waals surface area (Å²) >= 11 is 1.70. The van der Waals surface area contributed by atoms with Gasteiger partial charge in [-0.25, -0.2) is 14.3 Å². The number of piperazine rings is 1. The molecule has 1 aliphatic rings. The van der Waals surface area contributed by atoms with Crippen molar-refractivity contribution < 1.29 is 4.74 Å². The molecule has 0 aromatic carbocycles. The third kappa shape index (κ3) is 2.54. The minimum Gasteiger partial charge on any atom is -0.480 e. The summed E-state index contributed by atoms with van der Waals surface area (Å²) in [6.07, 6.45) is 3.56. The summed E-state index contributed by atoms with van der Waals surface area (Å²) in [7, 11) is 3.79. The van der Waals surface area contributed by atoms with Gasteiger partial charge in [0.15, 0.2) is 5.65 Å². The maximum atomic E-state index is 5.25. The molecule has 3 rings (SSSR count). The molecule has 0 aliphatic carbocycles. The molecule has 0 radical (unpaired) electrons. The molecule has 0 atom stereocenters. The maximum Gasteiger partial charge on any atom is 0.225 e. The maximum absolute atomic E-state index is 5.25. The van der Waals surface area contributed by atoms with Gasteiger partial charge in [-0.1, -0.05) is 0 Å². The van der Waals surface area contributed by atoms with E-state index in [0.29, 0.717) is 5.88 Å². The topological polar surface area (TPSA) is 46.4 Å². The van der Waals surface area contributed by atoms with Crippen molar-refractivity contribution in [1.29, 1.82) is 0 Å². The van der Waals surface area contributed by atoms with Crippen molar-refractivity contribution in [2.45, 2.75) is 0 Å². The molecule has 0 amide bonds. The second kappa shape index (κ2) is 5.36. The first-order valence-corrected chi connectivity index (χ1v) is 6.99. The zero-order valence-electron chi connectivity index (χ0n) is 11.1. The van der Waals surface area contributed by atoms with Crippen LogP contribution < -0.4 is 4.74 Å². The van der Waals surface area contributed by atoms with Gasteiger partial charge in [0.05, 0.1) is 12.5 Å². The molecule has 0 N–H and O–H groups in total.